The van der Waals surface area contributed by atoms with Gasteiger partial charge in [-0.05, 0) is 30.5 Å². The van der Waals surface area contributed by atoms with Crippen LogP contribution < -0.4 is 5.32 Å². The van der Waals surface area contributed by atoms with E-state index in [-0.39, 0.29) is 17.1 Å². The number of Topliss-reactive ketones (excluding diaryl/α,β-unsaturated/α-hetero) is 1. The second kappa shape index (κ2) is 8.85. The number of hydrogen-bond acceptors (Lipinski definition) is 4. The molecule has 0 saturated heterocycles. The molecule has 2 aromatic rings. The lowest BCUT2D eigenvalue weighted by molar-refractivity contribution is -0.122. The Morgan fingerprint density at radius 1 is 1.17 bits per heavy atom. The molecule has 1 aromatic heterocycles. The van der Waals surface area contributed by atoms with Gasteiger partial charge in [0.2, 0.25) is 0 Å². The van der Waals surface area contributed by atoms with Crippen molar-refractivity contribution in [2.24, 2.45) is 5.41 Å². The molecule has 0 unspecified atom stereocenters. The van der Waals surface area contributed by atoms with Gasteiger partial charge in [-0.1, -0.05) is 51.8 Å². The van der Waals surface area contributed by atoms with E-state index in [2.05, 4.69) is 27.0 Å². The summed E-state index contributed by atoms with van der Waals surface area (Å²) < 4.78 is 2.03. The van der Waals surface area contributed by atoms with Crippen LogP contribution in [0.5, 0.6) is 0 Å². The van der Waals surface area contributed by atoms with Crippen LogP contribution in [0.25, 0.3) is 0 Å². The number of aromatic nitrogens is 2. The van der Waals surface area contributed by atoms with Crippen molar-refractivity contribution in [3.8, 4) is 11.8 Å². The number of rotatable bonds is 4. The van der Waals surface area contributed by atoms with Gasteiger partial charge in [-0.2, -0.15) is 0 Å². The average molecular weight is 407 g/mol. The van der Waals surface area contributed by atoms with E-state index in [1.165, 1.54) is 0 Å². The summed E-state index contributed by atoms with van der Waals surface area (Å²) in [6.45, 7) is 9.89. The summed E-state index contributed by atoms with van der Waals surface area (Å²) in [5, 5.41) is 2.95. The van der Waals surface area contributed by atoms with E-state index < -0.39 is 6.04 Å². The predicted molar refractivity (Wildman–Crippen MR) is 117 cm³/mol. The van der Waals surface area contributed by atoms with Gasteiger partial charge < -0.3 is 9.88 Å². The van der Waals surface area contributed by atoms with E-state index in [4.69, 9.17) is 0 Å². The zero-order valence-electron chi connectivity index (χ0n) is 18.5. The van der Waals surface area contributed by atoms with Crippen molar-refractivity contribution >= 4 is 11.7 Å². The minimum absolute atomic E-state index is 0.0186. The lowest BCUT2D eigenvalue weighted by atomic mass is 9.83. The van der Waals surface area contributed by atoms with Gasteiger partial charge in [0.15, 0.2) is 17.3 Å². The first kappa shape index (κ1) is 21.8. The number of likely N-dealkylation sites (N-methyl/N-ethyl adjacent to an activating group) is 1. The molecule has 1 N–H and O–H groups in total. The van der Waals surface area contributed by atoms with E-state index >= 15 is 0 Å². The van der Waals surface area contributed by atoms with Gasteiger partial charge in [0.1, 0.15) is 0 Å². The molecular weight excluding hydrogens is 376 g/mol. The molecule has 0 aliphatic carbocycles. The van der Waals surface area contributed by atoms with Crippen LogP contribution in [-0.2, 0) is 17.9 Å². The highest BCUT2D eigenvalue weighted by atomic mass is 16.2. The molecular formula is C24H30N4O2. The van der Waals surface area contributed by atoms with E-state index in [1.807, 2.05) is 69.6 Å². The molecule has 1 aliphatic heterocycles. The number of benzene rings is 1. The highest BCUT2D eigenvalue weighted by Crippen LogP contribution is 2.23. The van der Waals surface area contributed by atoms with Gasteiger partial charge >= 0.3 is 0 Å². The number of carbonyl (C=O) groups is 2. The van der Waals surface area contributed by atoms with Crippen LogP contribution in [0.15, 0.2) is 30.3 Å². The van der Waals surface area contributed by atoms with Crippen LogP contribution in [0.4, 0.5) is 0 Å². The van der Waals surface area contributed by atoms with Crippen molar-refractivity contribution < 1.29 is 9.59 Å². The van der Waals surface area contributed by atoms with Crippen LogP contribution in [0.1, 0.15) is 61.7 Å². The van der Waals surface area contributed by atoms with Crippen molar-refractivity contribution in [2.45, 2.75) is 53.2 Å². The fourth-order valence-electron chi connectivity index (χ4n) is 3.60. The Balaban J connectivity index is 1.96. The van der Waals surface area contributed by atoms with Crippen molar-refractivity contribution in [3.63, 3.8) is 0 Å². The van der Waals surface area contributed by atoms with Crippen LogP contribution in [0.2, 0.25) is 0 Å². The average Bonchev–Trinajstić information content (AvgIpc) is 3.07. The first-order valence-corrected chi connectivity index (χ1v) is 10.4. The lowest BCUT2D eigenvalue weighted by Gasteiger charge is -2.30. The van der Waals surface area contributed by atoms with E-state index in [0.717, 1.165) is 24.3 Å². The third-order valence-corrected chi connectivity index (χ3v) is 5.32. The molecule has 2 heterocycles. The summed E-state index contributed by atoms with van der Waals surface area (Å²) in [5.74, 6) is 6.55. The highest BCUT2D eigenvalue weighted by Gasteiger charge is 2.34. The molecule has 0 saturated carbocycles. The van der Waals surface area contributed by atoms with Gasteiger partial charge in [-0.15, -0.1) is 0 Å². The smallest absolute Gasteiger partial charge is 0.272 e. The number of fused-ring (bicyclic) bond motifs is 1. The van der Waals surface area contributed by atoms with Crippen LogP contribution in [-0.4, -0.2) is 45.8 Å². The van der Waals surface area contributed by atoms with Crippen molar-refractivity contribution in [1.29, 1.82) is 0 Å². The Labute approximate surface area is 178 Å². The van der Waals surface area contributed by atoms with Gasteiger partial charge in [-0.3, -0.25) is 14.5 Å². The topological polar surface area (TPSA) is 67.2 Å². The number of nitrogens with one attached hydrogen (secondary N) is 1. The van der Waals surface area contributed by atoms with Gasteiger partial charge in [0.05, 0.1) is 11.7 Å². The quantitative estimate of drug-likeness (QED) is 0.793. The molecule has 1 atom stereocenters. The number of hydrogen-bond donors (Lipinski definition) is 1. The highest BCUT2D eigenvalue weighted by molar-refractivity contribution is 5.97. The first-order chi connectivity index (χ1) is 14.2. The molecule has 0 bridgehead atoms. The SMILES string of the molecule is CCC(=O)[C@@H](NC(=O)c1nc(C#Cc2ccccc2)n2c1CN(C)CC2)C(C)(C)C. The Bertz CT molecular complexity index is 990. The van der Waals surface area contributed by atoms with Crippen LogP contribution in [0.3, 0.4) is 0 Å². The summed E-state index contributed by atoms with van der Waals surface area (Å²) in [6.07, 6.45) is 0.375. The predicted octanol–water partition coefficient (Wildman–Crippen LogP) is 2.85. The Morgan fingerprint density at radius 2 is 1.87 bits per heavy atom. The van der Waals surface area contributed by atoms with Crippen molar-refractivity contribution in [3.05, 3.63) is 53.1 Å². The Hall–Kier alpha value is -2.91. The number of imidazole rings is 1. The van der Waals surface area contributed by atoms with Crippen molar-refractivity contribution in [1.82, 2.24) is 19.8 Å². The molecule has 0 fully saturated rings. The minimum Gasteiger partial charge on any atom is -0.340 e. The third-order valence-electron chi connectivity index (χ3n) is 5.32. The van der Waals surface area contributed by atoms with Gasteiger partial charge in [-0.25, -0.2) is 4.98 Å². The number of nitrogens with zero attached hydrogens (tertiary/aromatic N) is 3. The minimum atomic E-state index is -0.562. The zero-order valence-corrected chi connectivity index (χ0v) is 18.5. The largest absolute Gasteiger partial charge is 0.340 e. The summed E-state index contributed by atoms with van der Waals surface area (Å²) in [6, 6.07) is 9.15. The fraction of sp³-hybridized carbons (Fsp3) is 0.458. The lowest BCUT2D eigenvalue weighted by Crippen LogP contribution is -2.49. The first-order valence-electron chi connectivity index (χ1n) is 10.4. The van der Waals surface area contributed by atoms with Gasteiger partial charge in [0, 0.05) is 31.6 Å². The molecule has 1 aromatic carbocycles. The normalized spacial score (nSPS) is 15.0. The maximum Gasteiger partial charge on any atom is 0.272 e. The summed E-state index contributed by atoms with van der Waals surface area (Å²) in [5.41, 5.74) is 1.72. The van der Waals surface area contributed by atoms with Gasteiger partial charge in [0.25, 0.3) is 5.91 Å². The monoisotopic (exact) mass is 406 g/mol. The number of carbonyl (C=O) groups excluding carboxylic acids is 2. The Morgan fingerprint density at radius 3 is 2.50 bits per heavy atom. The number of amides is 1. The summed E-state index contributed by atoms with van der Waals surface area (Å²) in [4.78, 5) is 32.4. The molecule has 30 heavy (non-hydrogen) atoms. The molecule has 0 radical (unpaired) electrons. The van der Waals surface area contributed by atoms with Crippen molar-refractivity contribution in [2.75, 3.05) is 13.6 Å². The molecule has 3 rings (SSSR count). The molecule has 158 valence electrons. The zero-order chi connectivity index (χ0) is 21.9. The molecule has 6 heteroatoms. The van der Waals surface area contributed by atoms with Crippen LogP contribution in [0, 0.1) is 17.3 Å². The summed E-state index contributed by atoms with van der Waals surface area (Å²) >= 11 is 0. The molecule has 1 amide bonds. The van der Waals surface area contributed by atoms with E-state index in [9.17, 15) is 9.59 Å². The molecule has 1 aliphatic rings. The van der Waals surface area contributed by atoms with Crippen LogP contribution >= 0.6 is 0 Å². The standard InChI is InChI=1S/C24H30N4O2/c1-6-19(29)22(24(2,3)4)26-23(30)21-18-16-27(5)14-15-28(18)20(25-21)13-12-17-10-8-7-9-11-17/h7-11,22H,6,14-16H2,1-5H3,(H,26,30)/t22-/m1/s1. The number of ketones is 1. The molecule has 6 nitrogen and oxygen atoms in total. The van der Waals surface area contributed by atoms with E-state index in [1.54, 1.807) is 0 Å². The fourth-order valence-corrected chi connectivity index (χ4v) is 3.60. The van der Waals surface area contributed by atoms with E-state index in [0.29, 0.717) is 24.5 Å². The summed E-state index contributed by atoms with van der Waals surface area (Å²) in [7, 11) is 2.02. The maximum atomic E-state index is 13.2. The Kier molecular flexibility index (Phi) is 6.42. The molecule has 0 spiro atoms. The maximum absolute atomic E-state index is 13.2. The third kappa shape index (κ3) is 4.80. The second-order valence-corrected chi connectivity index (χ2v) is 8.83. The second-order valence-electron chi connectivity index (χ2n) is 8.83.